The number of benzene rings is 3. The fourth-order valence-electron chi connectivity index (χ4n) is 3.78. The van der Waals surface area contributed by atoms with E-state index in [9.17, 15) is 9.90 Å². The number of methoxy groups -OCH3 is 3. The molecule has 35 heavy (non-hydrogen) atoms. The SMILES string of the molecule is COc1cc(/C=C/c2cccc(O)c2NC(=O)/C=C/c2c[nH]c3ccccc23)cc(OC)c1OC. The molecule has 0 fully saturated rings. The van der Waals surface area contributed by atoms with Crippen molar-refractivity contribution >= 4 is 40.7 Å². The number of phenolic OH excluding ortho intramolecular Hbond substituents is 1. The van der Waals surface area contributed by atoms with Crippen LogP contribution >= 0.6 is 0 Å². The number of hydrogen-bond acceptors (Lipinski definition) is 5. The molecule has 4 rings (SSSR count). The van der Waals surface area contributed by atoms with Crippen molar-refractivity contribution in [1.82, 2.24) is 4.98 Å². The third-order valence-electron chi connectivity index (χ3n) is 5.50. The molecule has 3 aromatic carbocycles. The third-order valence-corrected chi connectivity index (χ3v) is 5.50. The molecule has 1 amide bonds. The number of H-pyrrole nitrogens is 1. The zero-order chi connectivity index (χ0) is 24.8. The maximum absolute atomic E-state index is 12.7. The fourth-order valence-corrected chi connectivity index (χ4v) is 3.78. The highest BCUT2D eigenvalue weighted by molar-refractivity contribution is 6.05. The van der Waals surface area contributed by atoms with Gasteiger partial charge in [0.1, 0.15) is 5.75 Å². The number of hydrogen-bond donors (Lipinski definition) is 3. The summed E-state index contributed by atoms with van der Waals surface area (Å²) in [5, 5.41) is 14.2. The van der Waals surface area contributed by atoms with Gasteiger partial charge in [0, 0.05) is 28.7 Å². The van der Waals surface area contributed by atoms with Crippen LogP contribution in [0, 0.1) is 0 Å². The normalized spacial score (nSPS) is 11.3. The smallest absolute Gasteiger partial charge is 0.248 e. The Kier molecular flexibility index (Phi) is 7.07. The van der Waals surface area contributed by atoms with Gasteiger partial charge in [-0.25, -0.2) is 0 Å². The minimum atomic E-state index is -0.362. The standard InChI is InChI=1S/C28H26N2O5/c1-33-24-15-18(16-25(34-2)28(24)35-3)11-12-19-7-6-10-23(31)27(19)30-26(32)14-13-20-17-29-22-9-5-4-8-21(20)22/h4-17,29,31H,1-3H3,(H,30,32)/b12-11+,14-13+. The molecule has 0 aliphatic carbocycles. The van der Waals surface area contributed by atoms with E-state index < -0.39 is 0 Å². The van der Waals surface area contributed by atoms with Crippen LogP contribution < -0.4 is 19.5 Å². The molecular weight excluding hydrogens is 444 g/mol. The molecular formula is C28H26N2O5. The van der Waals surface area contributed by atoms with Crippen molar-refractivity contribution in [2.75, 3.05) is 26.6 Å². The summed E-state index contributed by atoms with van der Waals surface area (Å²) in [5.74, 6) is 1.15. The lowest BCUT2D eigenvalue weighted by Gasteiger charge is -2.13. The zero-order valence-corrected chi connectivity index (χ0v) is 19.7. The highest BCUT2D eigenvalue weighted by atomic mass is 16.5. The molecule has 4 aromatic rings. The Morgan fingerprint density at radius 1 is 0.886 bits per heavy atom. The number of ether oxygens (including phenoxy) is 3. The average Bonchev–Trinajstić information content (AvgIpc) is 3.30. The molecule has 3 N–H and O–H groups in total. The zero-order valence-electron chi connectivity index (χ0n) is 19.7. The largest absolute Gasteiger partial charge is 0.506 e. The van der Waals surface area contributed by atoms with E-state index in [1.165, 1.54) is 12.1 Å². The number of para-hydroxylation sites is 2. The Morgan fingerprint density at radius 2 is 1.63 bits per heavy atom. The van der Waals surface area contributed by atoms with Crippen molar-refractivity contribution in [2.24, 2.45) is 0 Å². The van der Waals surface area contributed by atoms with Gasteiger partial charge in [-0.15, -0.1) is 0 Å². The molecule has 0 radical (unpaired) electrons. The number of carbonyl (C=O) groups excluding carboxylic acids is 1. The number of anilines is 1. The predicted octanol–water partition coefficient (Wildman–Crippen LogP) is 5.72. The van der Waals surface area contributed by atoms with E-state index in [1.54, 1.807) is 45.6 Å². The van der Waals surface area contributed by atoms with Crippen molar-refractivity contribution in [3.05, 3.63) is 83.6 Å². The predicted molar refractivity (Wildman–Crippen MR) is 139 cm³/mol. The van der Waals surface area contributed by atoms with E-state index in [-0.39, 0.29) is 11.7 Å². The molecule has 0 unspecified atom stereocenters. The molecule has 178 valence electrons. The van der Waals surface area contributed by atoms with Gasteiger partial charge in [-0.2, -0.15) is 0 Å². The topological polar surface area (TPSA) is 92.8 Å². The number of nitrogens with one attached hydrogen (secondary N) is 2. The first-order chi connectivity index (χ1) is 17.0. The van der Waals surface area contributed by atoms with E-state index in [4.69, 9.17) is 14.2 Å². The van der Waals surface area contributed by atoms with E-state index in [1.807, 2.05) is 48.7 Å². The molecule has 0 saturated heterocycles. The maximum atomic E-state index is 12.7. The summed E-state index contributed by atoms with van der Waals surface area (Å²) in [5.41, 5.74) is 3.62. The second-order valence-electron chi connectivity index (χ2n) is 7.65. The number of rotatable bonds is 8. The second-order valence-corrected chi connectivity index (χ2v) is 7.65. The highest BCUT2D eigenvalue weighted by Gasteiger charge is 2.13. The van der Waals surface area contributed by atoms with Gasteiger partial charge in [-0.05, 0) is 41.5 Å². The molecule has 0 atom stereocenters. The molecule has 0 aliphatic heterocycles. The summed E-state index contributed by atoms with van der Waals surface area (Å²) in [4.78, 5) is 15.8. The van der Waals surface area contributed by atoms with Crippen LogP contribution in [0.4, 0.5) is 5.69 Å². The van der Waals surface area contributed by atoms with Gasteiger partial charge < -0.3 is 29.6 Å². The van der Waals surface area contributed by atoms with Gasteiger partial charge in [0.05, 0.1) is 27.0 Å². The van der Waals surface area contributed by atoms with Crippen LogP contribution in [-0.4, -0.2) is 37.3 Å². The molecule has 7 nitrogen and oxygen atoms in total. The van der Waals surface area contributed by atoms with Gasteiger partial charge in [0.15, 0.2) is 11.5 Å². The number of fused-ring (bicyclic) bond motifs is 1. The lowest BCUT2D eigenvalue weighted by Crippen LogP contribution is -2.09. The molecule has 0 spiro atoms. The van der Waals surface area contributed by atoms with Crippen LogP contribution in [-0.2, 0) is 4.79 Å². The fraction of sp³-hybridized carbons (Fsp3) is 0.107. The van der Waals surface area contributed by atoms with E-state index in [0.29, 0.717) is 28.5 Å². The number of aromatic hydroxyl groups is 1. The van der Waals surface area contributed by atoms with Gasteiger partial charge >= 0.3 is 0 Å². The van der Waals surface area contributed by atoms with E-state index in [0.717, 1.165) is 22.0 Å². The number of amides is 1. The summed E-state index contributed by atoms with van der Waals surface area (Å²) in [6, 6.07) is 16.5. The average molecular weight is 471 g/mol. The maximum Gasteiger partial charge on any atom is 0.248 e. The van der Waals surface area contributed by atoms with E-state index >= 15 is 0 Å². The van der Waals surface area contributed by atoms with Crippen LogP contribution in [0.1, 0.15) is 16.7 Å². The minimum Gasteiger partial charge on any atom is -0.506 e. The van der Waals surface area contributed by atoms with Crippen molar-refractivity contribution in [1.29, 1.82) is 0 Å². The van der Waals surface area contributed by atoms with Crippen LogP contribution in [0.5, 0.6) is 23.0 Å². The number of carbonyl (C=O) groups is 1. The first-order valence-corrected chi connectivity index (χ1v) is 10.9. The van der Waals surface area contributed by atoms with Crippen molar-refractivity contribution in [2.45, 2.75) is 0 Å². The molecule has 0 aliphatic rings. The molecule has 1 aromatic heterocycles. The van der Waals surface area contributed by atoms with Crippen LogP contribution in [0.15, 0.2) is 66.9 Å². The number of phenols is 1. The number of aromatic nitrogens is 1. The van der Waals surface area contributed by atoms with Crippen LogP contribution in [0.2, 0.25) is 0 Å². The Labute approximate surface area is 203 Å². The summed E-state index contributed by atoms with van der Waals surface area (Å²) < 4.78 is 16.2. The highest BCUT2D eigenvalue weighted by Crippen LogP contribution is 2.39. The Balaban J connectivity index is 1.57. The third kappa shape index (κ3) is 5.14. The molecule has 0 bridgehead atoms. The first-order valence-electron chi connectivity index (χ1n) is 10.9. The Morgan fingerprint density at radius 3 is 2.34 bits per heavy atom. The van der Waals surface area contributed by atoms with Crippen molar-refractivity contribution < 1.29 is 24.1 Å². The summed E-state index contributed by atoms with van der Waals surface area (Å²) in [6.45, 7) is 0. The summed E-state index contributed by atoms with van der Waals surface area (Å²) >= 11 is 0. The van der Waals surface area contributed by atoms with Crippen molar-refractivity contribution in [3.63, 3.8) is 0 Å². The summed E-state index contributed by atoms with van der Waals surface area (Å²) in [7, 11) is 4.65. The quantitative estimate of drug-likeness (QED) is 0.174. The van der Waals surface area contributed by atoms with Gasteiger partial charge in [0.25, 0.3) is 0 Å². The Hall–Kier alpha value is -4.65. The van der Waals surface area contributed by atoms with Gasteiger partial charge in [-0.3, -0.25) is 4.79 Å². The molecule has 1 heterocycles. The monoisotopic (exact) mass is 470 g/mol. The number of aromatic amines is 1. The van der Waals surface area contributed by atoms with Gasteiger partial charge in [-0.1, -0.05) is 42.5 Å². The minimum absolute atomic E-state index is 0.0362. The van der Waals surface area contributed by atoms with Gasteiger partial charge in [0.2, 0.25) is 11.7 Å². The lowest BCUT2D eigenvalue weighted by atomic mass is 10.1. The molecule has 0 saturated carbocycles. The lowest BCUT2D eigenvalue weighted by molar-refractivity contribution is -0.111. The molecule has 7 heteroatoms. The summed E-state index contributed by atoms with van der Waals surface area (Å²) in [6.07, 6.45) is 8.64. The first kappa shape index (κ1) is 23.5. The second kappa shape index (κ2) is 10.5. The van der Waals surface area contributed by atoms with Crippen molar-refractivity contribution in [3.8, 4) is 23.0 Å². The van der Waals surface area contributed by atoms with Crippen LogP contribution in [0.3, 0.4) is 0 Å². The van der Waals surface area contributed by atoms with E-state index in [2.05, 4.69) is 10.3 Å². The van der Waals surface area contributed by atoms with Crippen LogP contribution in [0.25, 0.3) is 29.1 Å². The Bertz CT molecular complexity index is 1390.